The van der Waals surface area contributed by atoms with E-state index in [0.29, 0.717) is 18.3 Å². The van der Waals surface area contributed by atoms with Gasteiger partial charge in [-0.25, -0.2) is 0 Å². The van der Waals surface area contributed by atoms with Gasteiger partial charge in [-0.15, -0.1) is 0 Å². The van der Waals surface area contributed by atoms with Crippen molar-refractivity contribution in [1.82, 2.24) is 9.80 Å². The number of thioether (sulfide) groups is 1. The molecular weight excluding hydrogens is 376 g/mol. The van der Waals surface area contributed by atoms with Gasteiger partial charge in [0.15, 0.2) is 0 Å². The fourth-order valence-corrected chi connectivity index (χ4v) is 5.60. The van der Waals surface area contributed by atoms with Gasteiger partial charge in [0.2, 0.25) is 5.91 Å². The number of nitro groups is 1. The van der Waals surface area contributed by atoms with Gasteiger partial charge >= 0.3 is 0 Å². The maximum atomic E-state index is 12.9. The van der Waals surface area contributed by atoms with Crippen molar-refractivity contribution < 1.29 is 9.72 Å². The van der Waals surface area contributed by atoms with E-state index >= 15 is 0 Å². The molecule has 1 aliphatic carbocycles. The monoisotopic (exact) mass is 398 g/mol. The summed E-state index contributed by atoms with van der Waals surface area (Å²) in [5.74, 6) is 0.478. The minimum atomic E-state index is -0.446. The summed E-state index contributed by atoms with van der Waals surface area (Å²) < 4.78 is 0. The van der Waals surface area contributed by atoms with E-state index in [9.17, 15) is 20.2 Å². The molecule has 1 aromatic rings. The van der Waals surface area contributed by atoms with Gasteiger partial charge in [-0.1, -0.05) is 43.2 Å². The number of carbonyl (C=O) groups excluding carboxylic acids is 1. The lowest BCUT2D eigenvalue weighted by Gasteiger charge is -2.44. The summed E-state index contributed by atoms with van der Waals surface area (Å²) in [6.45, 7) is 0.560. The summed E-state index contributed by atoms with van der Waals surface area (Å²) in [6.07, 6.45) is 6.36. The van der Waals surface area contributed by atoms with Crippen molar-refractivity contribution in [2.45, 2.75) is 50.5 Å². The van der Waals surface area contributed by atoms with Crippen molar-refractivity contribution in [2.24, 2.45) is 0 Å². The smallest absolute Gasteiger partial charge is 0.269 e. The van der Waals surface area contributed by atoms with E-state index in [0.717, 1.165) is 16.5 Å². The Kier molecular flexibility index (Phi) is 5.38. The number of benzene rings is 1. The van der Waals surface area contributed by atoms with Crippen molar-refractivity contribution in [3.05, 3.63) is 50.5 Å². The van der Waals surface area contributed by atoms with Crippen molar-refractivity contribution in [3.63, 3.8) is 0 Å². The number of carbonyl (C=O) groups is 1. The number of rotatable bonds is 3. The van der Waals surface area contributed by atoms with Crippen LogP contribution in [0.3, 0.4) is 0 Å². The molecule has 1 saturated heterocycles. The molecule has 3 aliphatic rings. The SMILES string of the molecule is N#CC1=C2SCN(C3CCCCC3)CN2C(=O)CC1c1ccc([N+](=O)[O-])cc1. The molecule has 28 heavy (non-hydrogen) atoms. The third-order valence-electron chi connectivity index (χ3n) is 5.91. The first-order valence-corrected chi connectivity index (χ1v) is 10.6. The molecule has 0 spiro atoms. The zero-order valence-corrected chi connectivity index (χ0v) is 16.4. The fraction of sp³-hybridized carbons (Fsp3) is 0.500. The van der Waals surface area contributed by atoms with Crippen LogP contribution in [0.5, 0.6) is 0 Å². The van der Waals surface area contributed by atoms with E-state index in [4.69, 9.17) is 0 Å². The molecule has 8 heteroatoms. The normalized spacial score (nSPS) is 24.0. The predicted octanol–water partition coefficient (Wildman–Crippen LogP) is 3.94. The molecular formula is C20H22N4O3S. The second-order valence-corrected chi connectivity index (χ2v) is 8.49. The molecule has 0 radical (unpaired) electrons. The Balaban J connectivity index is 1.59. The zero-order chi connectivity index (χ0) is 19.7. The molecule has 1 saturated carbocycles. The van der Waals surface area contributed by atoms with Crippen molar-refractivity contribution in [1.29, 1.82) is 5.26 Å². The largest absolute Gasteiger partial charge is 0.292 e. The van der Waals surface area contributed by atoms with Gasteiger partial charge in [0.25, 0.3) is 5.69 Å². The van der Waals surface area contributed by atoms with E-state index < -0.39 is 4.92 Å². The fourth-order valence-electron chi connectivity index (χ4n) is 4.37. The molecule has 146 valence electrons. The third kappa shape index (κ3) is 3.52. The summed E-state index contributed by atoms with van der Waals surface area (Å²) in [5, 5.41) is 21.5. The Bertz CT molecular complexity index is 855. The van der Waals surface area contributed by atoms with E-state index in [2.05, 4.69) is 11.0 Å². The quantitative estimate of drug-likeness (QED) is 0.566. The van der Waals surface area contributed by atoms with Crippen LogP contribution in [0.25, 0.3) is 0 Å². The van der Waals surface area contributed by atoms with E-state index in [1.54, 1.807) is 28.8 Å². The molecule has 0 aromatic heterocycles. The van der Waals surface area contributed by atoms with Gasteiger partial charge in [-0.2, -0.15) is 5.26 Å². The molecule has 1 unspecified atom stereocenters. The Morgan fingerprint density at radius 3 is 2.54 bits per heavy atom. The lowest BCUT2D eigenvalue weighted by molar-refractivity contribution is -0.384. The summed E-state index contributed by atoms with van der Waals surface area (Å²) in [7, 11) is 0. The molecule has 2 aliphatic heterocycles. The highest BCUT2D eigenvalue weighted by Crippen LogP contribution is 2.43. The van der Waals surface area contributed by atoms with Crippen LogP contribution in [0, 0.1) is 21.4 Å². The molecule has 2 fully saturated rings. The average Bonchev–Trinajstić information content (AvgIpc) is 2.74. The Morgan fingerprint density at radius 1 is 1.18 bits per heavy atom. The topological polar surface area (TPSA) is 90.5 Å². The maximum Gasteiger partial charge on any atom is 0.269 e. The number of nitrogens with zero attached hydrogens (tertiary/aromatic N) is 4. The van der Waals surface area contributed by atoms with Crippen LogP contribution in [0.15, 0.2) is 34.9 Å². The van der Waals surface area contributed by atoms with Crippen LogP contribution in [0.4, 0.5) is 5.69 Å². The first kappa shape index (κ1) is 19.0. The highest BCUT2D eigenvalue weighted by atomic mass is 32.2. The van der Waals surface area contributed by atoms with Gasteiger partial charge in [0.1, 0.15) is 0 Å². The van der Waals surface area contributed by atoms with Gasteiger partial charge in [0, 0.05) is 30.5 Å². The van der Waals surface area contributed by atoms with Gasteiger partial charge in [-0.05, 0) is 18.4 Å². The number of allylic oxidation sites excluding steroid dienone is 1. The summed E-state index contributed by atoms with van der Waals surface area (Å²) >= 11 is 1.57. The molecule has 1 amide bonds. The van der Waals surface area contributed by atoms with E-state index in [1.807, 2.05) is 0 Å². The second-order valence-electron chi connectivity index (χ2n) is 7.55. The molecule has 0 bridgehead atoms. The van der Waals surface area contributed by atoms with Crippen LogP contribution in [-0.4, -0.2) is 39.2 Å². The Labute approximate surface area is 168 Å². The van der Waals surface area contributed by atoms with Crippen LogP contribution >= 0.6 is 11.8 Å². The highest BCUT2D eigenvalue weighted by Gasteiger charge is 2.39. The highest BCUT2D eigenvalue weighted by molar-refractivity contribution is 8.03. The minimum absolute atomic E-state index is 0.00818. The van der Waals surface area contributed by atoms with Gasteiger partial charge < -0.3 is 0 Å². The number of hydrogen-bond donors (Lipinski definition) is 0. The zero-order valence-electron chi connectivity index (χ0n) is 15.5. The van der Waals surface area contributed by atoms with Crippen molar-refractivity contribution >= 4 is 23.4 Å². The molecule has 7 nitrogen and oxygen atoms in total. The van der Waals surface area contributed by atoms with Gasteiger partial charge in [-0.3, -0.25) is 24.7 Å². The van der Waals surface area contributed by atoms with Crippen LogP contribution in [-0.2, 0) is 4.79 Å². The lowest BCUT2D eigenvalue weighted by atomic mass is 9.86. The maximum absolute atomic E-state index is 12.9. The van der Waals surface area contributed by atoms with Crippen LogP contribution in [0.2, 0.25) is 0 Å². The number of amides is 1. The summed E-state index contributed by atoms with van der Waals surface area (Å²) in [4.78, 5) is 27.5. The number of nitriles is 1. The van der Waals surface area contributed by atoms with E-state index in [1.165, 1.54) is 44.2 Å². The first-order chi connectivity index (χ1) is 13.6. The molecule has 0 N–H and O–H groups in total. The van der Waals surface area contributed by atoms with Gasteiger partial charge in [0.05, 0.1) is 34.1 Å². The second kappa shape index (κ2) is 7.94. The number of non-ortho nitro benzene ring substituents is 1. The molecule has 2 heterocycles. The number of nitro benzene ring substituents is 1. The molecule has 4 rings (SSSR count). The van der Waals surface area contributed by atoms with Crippen LogP contribution < -0.4 is 0 Å². The number of hydrogen-bond acceptors (Lipinski definition) is 6. The predicted molar refractivity (Wildman–Crippen MR) is 106 cm³/mol. The third-order valence-corrected chi connectivity index (χ3v) is 7.09. The summed E-state index contributed by atoms with van der Waals surface area (Å²) in [6, 6.07) is 9.03. The van der Waals surface area contributed by atoms with Crippen LogP contribution in [0.1, 0.15) is 50.0 Å². The average molecular weight is 398 g/mol. The lowest BCUT2D eigenvalue weighted by Crippen LogP contribution is -2.51. The first-order valence-electron chi connectivity index (χ1n) is 9.64. The summed E-state index contributed by atoms with van der Waals surface area (Å²) in [5.41, 5.74) is 1.38. The molecule has 1 atom stereocenters. The van der Waals surface area contributed by atoms with E-state index in [-0.39, 0.29) is 23.9 Å². The Morgan fingerprint density at radius 2 is 1.89 bits per heavy atom. The standard InChI is InChI=1S/C20H22N4O3S/c21-11-18-17(14-6-8-16(9-7-14)24(26)27)10-19(25)23-12-22(13-28-20(18)23)15-4-2-1-3-5-15/h6-9,15,17H,1-5,10,12-13H2. The number of fused-ring (bicyclic) bond motifs is 1. The minimum Gasteiger partial charge on any atom is -0.292 e. The van der Waals surface area contributed by atoms with Crippen molar-refractivity contribution in [2.75, 3.05) is 12.5 Å². The van der Waals surface area contributed by atoms with Crippen molar-refractivity contribution in [3.8, 4) is 6.07 Å². The Hall–Kier alpha value is -2.37. The molecule has 1 aromatic carbocycles.